The number of likely N-dealkylation sites (N-methyl/N-ethyl adjacent to an activating group) is 1. The third-order valence-electron chi connectivity index (χ3n) is 2.94. The minimum Gasteiger partial charge on any atom is -0.358 e. The summed E-state index contributed by atoms with van der Waals surface area (Å²) in [5.41, 5.74) is 1.90. The lowest BCUT2D eigenvalue weighted by atomic mass is 10.2. The molecule has 1 amide bonds. The minimum absolute atomic E-state index is 0.0396. The summed E-state index contributed by atoms with van der Waals surface area (Å²) in [7, 11) is 1.62. The fraction of sp³-hybridized carbons (Fsp3) is 0.308. The van der Waals surface area contributed by atoms with Crippen molar-refractivity contribution in [1.29, 1.82) is 0 Å². The number of hydrogen-bond acceptors (Lipinski definition) is 2. The Kier molecular flexibility index (Phi) is 3.89. The summed E-state index contributed by atoms with van der Waals surface area (Å²) in [6.07, 6.45) is 0. The SMILES string of the molecule is CNC(=O)C(C)NCc1[nH]c2ccccc2c1Cl. The molecule has 0 bridgehead atoms. The number of fused-ring (bicyclic) bond motifs is 1. The summed E-state index contributed by atoms with van der Waals surface area (Å²) in [5, 5.41) is 7.43. The number of aromatic amines is 1. The van der Waals surface area contributed by atoms with Gasteiger partial charge in [0.05, 0.1) is 11.1 Å². The van der Waals surface area contributed by atoms with Gasteiger partial charge in [0.25, 0.3) is 0 Å². The summed E-state index contributed by atoms with van der Waals surface area (Å²) >= 11 is 6.28. The van der Waals surface area contributed by atoms with E-state index in [4.69, 9.17) is 11.6 Å². The zero-order chi connectivity index (χ0) is 13.1. The van der Waals surface area contributed by atoms with Crippen molar-refractivity contribution in [3.8, 4) is 0 Å². The van der Waals surface area contributed by atoms with Crippen LogP contribution in [-0.2, 0) is 11.3 Å². The van der Waals surface area contributed by atoms with E-state index in [1.807, 2.05) is 31.2 Å². The molecule has 0 aliphatic rings. The molecular weight excluding hydrogens is 250 g/mol. The van der Waals surface area contributed by atoms with Gasteiger partial charge in [0.2, 0.25) is 5.91 Å². The van der Waals surface area contributed by atoms with Crippen LogP contribution in [0, 0.1) is 0 Å². The summed E-state index contributed by atoms with van der Waals surface area (Å²) in [6, 6.07) is 7.61. The van der Waals surface area contributed by atoms with Crippen molar-refractivity contribution < 1.29 is 4.79 Å². The van der Waals surface area contributed by atoms with Gasteiger partial charge in [0.1, 0.15) is 0 Å². The van der Waals surface area contributed by atoms with Crippen LogP contribution in [0.15, 0.2) is 24.3 Å². The van der Waals surface area contributed by atoms with Crippen molar-refractivity contribution in [2.75, 3.05) is 7.05 Å². The molecule has 96 valence electrons. The number of rotatable bonds is 4. The molecule has 3 N–H and O–H groups in total. The maximum absolute atomic E-state index is 11.4. The molecule has 1 aromatic carbocycles. The number of amides is 1. The molecule has 0 spiro atoms. The van der Waals surface area contributed by atoms with Gasteiger partial charge >= 0.3 is 0 Å². The summed E-state index contributed by atoms with van der Waals surface area (Å²) in [6.45, 7) is 2.34. The molecule has 1 atom stereocenters. The smallest absolute Gasteiger partial charge is 0.236 e. The number of benzene rings is 1. The van der Waals surface area contributed by atoms with Crippen molar-refractivity contribution in [2.45, 2.75) is 19.5 Å². The molecule has 1 heterocycles. The van der Waals surface area contributed by atoms with Gasteiger partial charge in [-0.3, -0.25) is 4.79 Å². The van der Waals surface area contributed by atoms with Gasteiger partial charge in [-0.15, -0.1) is 0 Å². The molecule has 0 saturated heterocycles. The molecule has 0 saturated carbocycles. The summed E-state index contributed by atoms with van der Waals surface area (Å²) in [4.78, 5) is 14.6. The number of aromatic nitrogens is 1. The lowest BCUT2D eigenvalue weighted by Crippen LogP contribution is -2.40. The number of carbonyl (C=O) groups excluding carboxylic acids is 1. The van der Waals surface area contributed by atoms with Crippen LogP contribution in [0.3, 0.4) is 0 Å². The van der Waals surface area contributed by atoms with Crippen molar-refractivity contribution in [2.24, 2.45) is 0 Å². The molecule has 2 aromatic rings. The highest BCUT2D eigenvalue weighted by molar-refractivity contribution is 6.36. The van der Waals surface area contributed by atoms with E-state index in [-0.39, 0.29) is 11.9 Å². The number of nitrogens with one attached hydrogen (secondary N) is 3. The van der Waals surface area contributed by atoms with Crippen LogP contribution in [0.2, 0.25) is 5.02 Å². The van der Waals surface area contributed by atoms with Crippen LogP contribution in [0.1, 0.15) is 12.6 Å². The first-order chi connectivity index (χ1) is 8.63. The van der Waals surface area contributed by atoms with Crippen LogP contribution >= 0.6 is 11.6 Å². The molecule has 0 aliphatic carbocycles. The van der Waals surface area contributed by atoms with Crippen molar-refractivity contribution in [3.05, 3.63) is 35.0 Å². The van der Waals surface area contributed by atoms with E-state index < -0.39 is 0 Å². The number of hydrogen-bond donors (Lipinski definition) is 3. The second kappa shape index (κ2) is 5.42. The molecule has 4 nitrogen and oxygen atoms in total. The zero-order valence-electron chi connectivity index (χ0n) is 10.4. The molecule has 2 rings (SSSR count). The van der Waals surface area contributed by atoms with Gasteiger partial charge in [-0.1, -0.05) is 29.8 Å². The van der Waals surface area contributed by atoms with Gasteiger partial charge in [-0.2, -0.15) is 0 Å². The highest BCUT2D eigenvalue weighted by atomic mass is 35.5. The molecule has 1 unspecified atom stereocenters. The Labute approximate surface area is 111 Å². The van der Waals surface area contributed by atoms with E-state index in [0.29, 0.717) is 11.6 Å². The van der Waals surface area contributed by atoms with Gasteiger partial charge in [-0.05, 0) is 13.0 Å². The maximum atomic E-state index is 11.4. The van der Waals surface area contributed by atoms with E-state index in [9.17, 15) is 4.79 Å². The Morgan fingerprint density at radius 1 is 1.44 bits per heavy atom. The van der Waals surface area contributed by atoms with E-state index in [0.717, 1.165) is 16.6 Å². The molecule has 1 aromatic heterocycles. The Balaban J connectivity index is 2.13. The second-order valence-electron chi connectivity index (χ2n) is 4.18. The third kappa shape index (κ3) is 2.49. The molecular formula is C13H16ClN3O. The Bertz CT molecular complexity index is 564. The Morgan fingerprint density at radius 3 is 2.83 bits per heavy atom. The highest BCUT2D eigenvalue weighted by Gasteiger charge is 2.13. The van der Waals surface area contributed by atoms with Crippen LogP contribution in [0.4, 0.5) is 0 Å². The average Bonchev–Trinajstić information content (AvgIpc) is 2.72. The van der Waals surface area contributed by atoms with Crippen LogP contribution in [0.25, 0.3) is 10.9 Å². The van der Waals surface area contributed by atoms with Crippen LogP contribution < -0.4 is 10.6 Å². The molecule has 0 radical (unpaired) electrons. The lowest BCUT2D eigenvalue weighted by molar-refractivity contribution is -0.122. The lowest BCUT2D eigenvalue weighted by Gasteiger charge is -2.11. The monoisotopic (exact) mass is 265 g/mol. The fourth-order valence-corrected chi connectivity index (χ4v) is 2.13. The quantitative estimate of drug-likeness (QED) is 0.792. The van der Waals surface area contributed by atoms with E-state index >= 15 is 0 Å². The first-order valence-electron chi connectivity index (χ1n) is 5.83. The topological polar surface area (TPSA) is 56.9 Å². The highest BCUT2D eigenvalue weighted by Crippen LogP contribution is 2.26. The summed E-state index contributed by atoms with van der Waals surface area (Å²) in [5.74, 6) is -0.0396. The minimum atomic E-state index is -0.252. The van der Waals surface area contributed by atoms with Crippen molar-refractivity contribution >= 4 is 28.4 Å². The first-order valence-corrected chi connectivity index (χ1v) is 6.21. The standard InChI is InChI=1S/C13H16ClN3O/c1-8(13(18)15-2)16-7-11-12(14)9-5-3-4-6-10(9)17-11/h3-6,8,16-17H,7H2,1-2H3,(H,15,18). The van der Waals surface area contributed by atoms with E-state index in [1.165, 1.54) is 0 Å². The summed E-state index contributed by atoms with van der Waals surface area (Å²) < 4.78 is 0. The number of para-hydroxylation sites is 1. The molecule has 0 aliphatic heterocycles. The van der Waals surface area contributed by atoms with Crippen LogP contribution in [-0.4, -0.2) is 24.0 Å². The molecule has 5 heteroatoms. The van der Waals surface area contributed by atoms with Crippen molar-refractivity contribution in [3.63, 3.8) is 0 Å². The van der Waals surface area contributed by atoms with Gasteiger partial charge < -0.3 is 15.6 Å². The van der Waals surface area contributed by atoms with E-state index in [1.54, 1.807) is 7.05 Å². The normalized spacial score (nSPS) is 12.6. The zero-order valence-corrected chi connectivity index (χ0v) is 11.1. The third-order valence-corrected chi connectivity index (χ3v) is 3.37. The largest absolute Gasteiger partial charge is 0.358 e. The molecule has 18 heavy (non-hydrogen) atoms. The number of H-pyrrole nitrogens is 1. The van der Waals surface area contributed by atoms with Gasteiger partial charge in [-0.25, -0.2) is 0 Å². The second-order valence-corrected chi connectivity index (χ2v) is 4.56. The molecule has 0 fully saturated rings. The first kappa shape index (κ1) is 12.9. The fourth-order valence-electron chi connectivity index (χ4n) is 1.85. The number of halogens is 1. The predicted octanol–water partition coefficient (Wildman–Crippen LogP) is 2.05. The number of carbonyl (C=O) groups is 1. The predicted molar refractivity (Wildman–Crippen MR) is 73.7 cm³/mol. The average molecular weight is 266 g/mol. The Morgan fingerprint density at radius 2 is 2.17 bits per heavy atom. The van der Waals surface area contributed by atoms with Crippen molar-refractivity contribution in [1.82, 2.24) is 15.6 Å². The Hall–Kier alpha value is -1.52. The van der Waals surface area contributed by atoms with Crippen LogP contribution in [0.5, 0.6) is 0 Å². The van der Waals surface area contributed by atoms with Gasteiger partial charge in [0.15, 0.2) is 0 Å². The van der Waals surface area contributed by atoms with E-state index in [2.05, 4.69) is 15.6 Å². The maximum Gasteiger partial charge on any atom is 0.236 e. The van der Waals surface area contributed by atoms with Gasteiger partial charge in [0, 0.05) is 30.2 Å².